The van der Waals surface area contributed by atoms with Gasteiger partial charge in [-0.15, -0.1) is 0 Å². The number of H-pyrrole nitrogens is 1. The predicted octanol–water partition coefficient (Wildman–Crippen LogP) is 1.97. The van der Waals surface area contributed by atoms with E-state index >= 15 is 0 Å². The average Bonchev–Trinajstić information content (AvgIpc) is 2.62. The van der Waals surface area contributed by atoms with E-state index in [-0.39, 0.29) is 0 Å². The Hall–Kier alpha value is -1.77. The van der Waals surface area contributed by atoms with Crippen LogP contribution in [-0.4, -0.2) is 9.97 Å². The van der Waals surface area contributed by atoms with E-state index in [1.54, 1.807) is 12.4 Å². The fraction of sp³-hybridized carbons (Fsp3) is 0.100. The van der Waals surface area contributed by atoms with Gasteiger partial charge in [0, 0.05) is 23.6 Å². The number of nitrogen functional groups attached to an aromatic ring is 1. The Kier molecular flexibility index (Phi) is 1.77. The number of hydrogen-bond acceptors (Lipinski definition) is 2. The van der Waals surface area contributed by atoms with Crippen LogP contribution >= 0.6 is 0 Å². The van der Waals surface area contributed by atoms with E-state index in [1.165, 1.54) is 0 Å². The van der Waals surface area contributed by atoms with E-state index in [1.807, 2.05) is 25.1 Å². The van der Waals surface area contributed by atoms with Crippen LogP contribution in [0.25, 0.3) is 11.4 Å². The highest BCUT2D eigenvalue weighted by Crippen LogP contribution is 2.19. The first-order chi connectivity index (χ1) is 6.27. The van der Waals surface area contributed by atoms with Gasteiger partial charge < -0.3 is 10.7 Å². The molecule has 13 heavy (non-hydrogen) atoms. The Balaban J connectivity index is 2.49. The number of nitrogens with one attached hydrogen (secondary N) is 1. The normalized spacial score (nSPS) is 10.2. The molecule has 0 radical (unpaired) electrons. The van der Waals surface area contributed by atoms with Gasteiger partial charge in [-0.05, 0) is 30.7 Å². The number of benzene rings is 1. The molecule has 1 aromatic carbocycles. The maximum atomic E-state index is 5.71. The zero-order valence-electron chi connectivity index (χ0n) is 7.41. The number of imidazole rings is 1. The van der Waals surface area contributed by atoms with Gasteiger partial charge in [-0.3, -0.25) is 0 Å². The molecule has 3 nitrogen and oxygen atoms in total. The van der Waals surface area contributed by atoms with Crippen molar-refractivity contribution < 1.29 is 0 Å². The fourth-order valence-electron chi connectivity index (χ4n) is 1.25. The van der Waals surface area contributed by atoms with Crippen molar-refractivity contribution in [2.45, 2.75) is 6.92 Å². The van der Waals surface area contributed by atoms with E-state index < -0.39 is 0 Å². The summed E-state index contributed by atoms with van der Waals surface area (Å²) in [5.41, 5.74) is 8.67. The Labute approximate surface area is 76.6 Å². The van der Waals surface area contributed by atoms with Crippen molar-refractivity contribution >= 4 is 5.69 Å². The lowest BCUT2D eigenvalue weighted by atomic mass is 10.1. The van der Waals surface area contributed by atoms with E-state index in [4.69, 9.17) is 5.73 Å². The first-order valence-electron chi connectivity index (χ1n) is 4.13. The van der Waals surface area contributed by atoms with Crippen LogP contribution in [0.15, 0.2) is 30.6 Å². The maximum Gasteiger partial charge on any atom is 0.137 e. The molecular weight excluding hydrogens is 162 g/mol. The van der Waals surface area contributed by atoms with E-state index in [9.17, 15) is 0 Å². The first-order valence-corrected chi connectivity index (χ1v) is 4.13. The monoisotopic (exact) mass is 173 g/mol. The molecule has 1 aromatic heterocycles. The molecule has 0 saturated carbocycles. The van der Waals surface area contributed by atoms with Crippen molar-refractivity contribution in [3.05, 3.63) is 36.2 Å². The van der Waals surface area contributed by atoms with Crippen molar-refractivity contribution in [1.29, 1.82) is 0 Å². The molecule has 0 unspecified atom stereocenters. The summed E-state index contributed by atoms with van der Waals surface area (Å²) in [4.78, 5) is 7.21. The van der Waals surface area contributed by atoms with Crippen LogP contribution in [0.4, 0.5) is 5.69 Å². The van der Waals surface area contributed by atoms with Gasteiger partial charge >= 0.3 is 0 Å². The highest BCUT2D eigenvalue weighted by molar-refractivity contribution is 5.61. The number of aryl methyl sites for hydroxylation is 1. The molecule has 0 atom stereocenters. The minimum absolute atomic E-state index is 0.815. The number of anilines is 1. The quantitative estimate of drug-likeness (QED) is 0.648. The number of aromatic amines is 1. The fourth-order valence-corrected chi connectivity index (χ4v) is 1.25. The van der Waals surface area contributed by atoms with Gasteiger partial charge in [0.25, 0.3) is 0 Å². The van der Waals surface area contributed by atoms with E-state index in [0.717, 1.165) is 22.6 Å². The molecule has 1 heterocycles. The Morgan fingerprint density at radius 3 is 2.85 bits per heavy atom. The van der Waals surface area contributed by atoms with Crippen molar-refractivity contribution in [2.24, 2.45) is 0 Å². The van der Waals surface area contributed by atoms with Crippen LogP contribution in [0.3, 0.4) is 0 Å². The molecule has 3 N–H and O–H groups in total. The minimum Gasteiger partial charge on any atom is -0.399 e. The molecule has 2 aromatic rings. The van der Waals surface area contributed by atoms with Crippen LogP contribution in [0.2, 0.25) is 0 Å². The van der Waals surface area contributed by atoms with Gasteiger partial charge in [0.1, 0.15) is 5.82 Å². The van der Waals surface area contributed by atoms with Gasteiger partial charge in [-0.2, -0.15) is 0 Å². The third kappa shape index (κ3) is 1.40. The Morgan fingerprint density at radius 2 is 2.23 bits per heavy atom. The zero-order valence-corrected chi connectivity index (χ0v) is 7.41. The molecule has 0 aliphatic rings. The topological polar surface area (TPSA) is 54.7 Å². The van der Waals surface area contributed by atoms with Crippen molar-refractivity contribution in [3.8, 4) is 11.4 Å². The maximum absolute atomic E-state index is 5.71. The zero-order chi connectivity index (χ0) is 9.26. The van der Waals surface area contributed by atoms with Crippen LogP contribution in [0.5, 0.6) is 0 Å². The number of hydrogen-bond donors (Lipinski definition) is 2. The molecule has 0 aliphatic heterocycles. The summed E-state index contributed by atoms with van der Waals surface area (Å²) in [5.74, 6) is 0.878. The van der Waals surface area contributed by atoms with Crippen LogP contribution in [0.1, 0.15) is 5.56 Å². The molecule has 2 rings (SSSR count). The summed E-state index contributed by atoms with van der Waals surface area (Å²) in [6, 6.07) is 5.88. The molecule has 0 spiro atoms. The predicted molar refractivity (Wildman–Crippen MR) is 53.2 cm³/mol. The minimum atomic E-state index is 0.815. The lowest BCUT2D eigenvalue weighted by Crippen LogP contribution is -1.90. The lowest BCUT2D eigenvalue weighted by Gasteiger charge is -2.01. The highest BCUT2D eigenvalue weighted by Gasteiger charge is 2.00. The van der Waals surface area contributed by atoms with Crippen LogP contribution in [-0.2, 0) is 0 Å². The third-order valence-corrected chi connectivity index (χ3v) is 2.04. The molecule has 3 heteroatoms. The first kappa shape index (κ1) is 7.86. The molecule has 0 bridgehead atoms. The molecular formula is C10H11N3. The second-order valence-corrected chi connectivity index (χ2v) is 3.01. The number of aromatic nitrogens is 2. The molecule has 0 fully saturated rings. The van der Waals surface area contributed by atoms with Gasteiger partial charge in [-0.1, -0.05) is 0 Å². The van der Waals surface area contributed by atoms with E-state index in [2.05, 4.69) is 9.97 Å². The summed E-state index contributed by atoms with van der Waals surface area (Å²) in [7, 11) is 0. The highest BCUT2D eigenvalue weighted by atomic mass is 14.9. The van der Waals surface area contributed by atoms with E-state index in [0.29, 0.717) is 0 Å². The van der Waals surface area contributed by atoms with Crippen molar-refractivity contribution in [2.75, 3.05) is 5.73 Å². The summed E-state index contributed by atoms with van der Waals surface area (Å²) in [6.45, 7) is 1.99. The summed E-state index contributed by atoms with van der Waals surface area (Å²) in [6.07, 6.45) is 3.54. The Morgan fingerprint density at radius 1 is 1.38 bits per heavy atom. The van der Waals surface area contributed by atoms with Crippen LogP contribution < -0.4 is 5.73 Å². The molecule has 0 amide bonds. The summed E-state index contributed by atoms with van der Waals surface area (Å²) < 4.78 is 0. The van der Waals surface area contributed by atoms with Gasteiger partial charge in [0.2, 0.25) is 0 Å². The number of nitrogens with zero attached hydrogens (tertiary/aromatic N) is 1. The van der Waals surface area contributed by atoms with Crippen molar-refractivity contribution in [1.82, 2.24) is 9.97 Å². The van der Waals surface area contributed by atoms with Gasteiger partial charge in [0.05, 0.1) is 0 Å². The van der Waals surface area contributed by atoms with Gasteiger partial charge in [-0.25, -0.2) is 4.98 Å². The standard InChI is InChI=1S/C10H11N3/c1-7-6-8(2-3-9(7)11)10-12-4-5-13-10/h2-6H,11H2,1H3,(H,12,13). The van der Waals surface area contributed by atoms with Gasteiger partial charge in [0.15, 0.2) is 0 Å². The molecule has 0 saturated heterocycles. The largest absolute Gasteiger partial charge is 0.399 e. The third-order valence-electron chi connectivity index (χ3n) is 2.04. The van der Waals surface area contributed by atoms with Crippen LogP contribution in [0, 0.1) is 6.92 Å². The Bertz CT molecular complexity index is 404. The lowest BCUT2D eigenvalue weighted by molar-refractivity contribution is 1.30. The number of nitrogens with two attached hydrogens (primary N) is 1. The second-order valence-electron chi connectivity index (χ2n) is 3.01. The summed E-state index contributed by atoms with van der Waals surface area (Å²) in [5, 5.41) is 0. The summed E-state index contributed by atoms with van der Waals surface area (Å²) >= 11 is 0. The number of rotatable bonds is 1. The average molecular weight is 173 g/mol. The smallest absolute Gasteiger partial charge is 0.137 e. The van der Waals surface area contributed by atoms with Crippen molar-refractivity contribution in [3.63, 3.8) is 0 Å². The SMILES string of the molecule is Cc1cc(-c2ncc[nH]2)ccc1N. The molecule has 66 valence electrons. The second kappa shape index (κ2) is 2.94. The molecule has 0 aliphatic carbocycles.